The third kappa shape index (κ3) is 3.58. The van der Waals surface area contributed by atoms with Crippen LogP contribution in [0.15, 0.2) is 24.3 Å². The Balaban J connectivity index is 3.10. The van der Waals surface area contributed by atoms with Gasteiger partial charge in [-0.1, -0.05) is 31.5 Å². The van der Waals surface area contributed by atoms with Crippen molar-refractivity contribution in [3.8, 4) is 0 Å². The van der Waals surface area contributed by atoms with E-state index in [2.05, 4.69) is 0 Å². The molecule has 0 heterocycles. The predicted octanol–water partition coefficient (Wildman–Crippen LogP) is 2.83. The molecular weight excluding hydrogens is 232 g/mol. The Kier molecular flexibility index (Phi) is 5.36. The Morgan fingerprint density at radius 1 is 1.33 bits per heavy atom. The van der Waals surface area contributed by atoms with Crippen molar-refractivity contribution >= 4 is 11.9 Å². The average molecular weight is 250 g/mol. The fraction of sp³-hybridized carbons (Fsp3) is 0.429. The summed E-state index contributed by atoms with van der Waals surface area (Å²) in [6.07, 6.45) is 1.63. The van der Waals surface area contributed by atoms with Gasteiger partial charge in [0.15, 0.2) is 0 Å². The highest BCUT2D eigenvalue weighted by Crippen LogP contribution is 2.28. The van der Waals surface area contributed by atoms with Gasteiger partial charge in [0.2, 0.25) is 0 Å². The zero-order valence-electron chi connectivity index (χ0n) is 10.7. The molecule has 1 aromatic carbocycles. The Labute approximate surface area is 107 Å². The lowest BCUT2D eigenvalue weighted by Gasteiger charge is -2.17. The van der Waals surface area contributed by atoms with E-state index in [1.807, 2.05) is 13.0 Å². The normalized spacial score (nSPS) is 11.9. The molecule has 0 amide bonds. The maximum Gasteiger partial charge on any atom is 0.338 e. The average Bonchev–Trinajstić information content (AvgIpc) is 2.37. The molecule has 0 saturated heterocycles. The van der Waals surface area contributed by atoms with Crippen LogP contribution in [0.3, 0.4) is 0 Å². The molecule has 1 rings (SSSR count). The van der Waals surface area contributed by atoms with Gasteiger partial charge in [-0.2, -0.15) is 0 Å². The highest BCUT2D eigenvalue weighted by atomic mass is 16.5. The summed E-state index contributed by atoms with van der Waals surface area (Å²) < 4.78 is 4.72. The van der Waals surface area contributed by atoms with Crippen molar-refractivity contribution in [1.29, 1.82) is 0 Å². The van der Waals surface area contributed by atoms with E-state index in [0.29, 0.717) is 5.56 Å². The standard InChI is InChI=1S/C14H18O4/c1-3-6-10(9-13(15)16)11-7-4-5-8-12(11)14(17)18-2/h4-5,7-8,10H,3,6,9H2,1-2H3,(H,15,16). The second-order valence-electron chi connectivity index (χ2n) is 4.16. The topological polar surface area (TPSA) is 63.6 Å². The summed E-state index contributed by atoms with van der Waals surface area (Å²) in [5.41, 5.74) is 1.22. The quantitative estimate of drug-likeness (QED) is 0.788. The van der Waals surface area contributed by atoms with E-state index in [-0.39, 0.29) is 12.3 Å². The molecule has 0 spiro atoms. The summed E-state index contributed by atoms with van der Waals surface area (Å²) in [5.74, 6) is -1.42. The van der Waals surface area contributed by atoms with Gasteiger partial charge in [0, 0.05) is 0 Å². The summed E-state index contributed by atoms with van der Waals surface area (Å²) in [6, 6.07) is 7.03. The molecule has 0 bridgehead atoms. The molecule has 1 unspecified atom stereocenters. The maximum absolute atomic E-state index is 11.7. The molecule has 0 aromatic heterocycles. The Morgan fingerprint density at radius 3 is 2.56 bits per heavy atom. The Bertz CT molecular complexity index is 426. The first-order valence-corrected chi connectivity index (χ1v) is 5.99. The first-order chi connectivity index (χ1) is 8.60. The minimum Gasteiger partial charge on any atom is -0.481 e. The number of benzene rings is 1. The molecular formula is C14H18O4. The van der Waals surface area contributed by atoms with E-state index in [0.717, 1.165) is 18.4 Å². The minimum atomic E-state index is -0.854. The van der Waals surface area contributed by atoms with E-state index in [4.69, 9.17) is 9.84 Å². The highest BCUT2D eigenvalue weighted by molar-refractivity contribution is 5.91. The molecule has 4 heteroatoms. The van der Waals surface area contributed by atoms with Crippen molar-refractivity contribution in [3.63, 3.8) is 0 Å². The number of methoxy groups -OCH3 is 1. The predicted molar refractivity (Wildman–Crippen MR) is 67.7 cm³/mol. The first-order valence-electron chi connectivity index (χ1n) is 5.99. The van der Waals surface area contributed by atoms with Crippen molar-refractivity contribution in [2.45, 2.75) is 32.1 Å². The molecule has 0 aliphatic rings. The molecule has 1 atom stereocenters. The monoisotopic (exact) mass is 250 g/mol. The number of rotatable bonds is 6. The van der Waals surface area contributed by atoms with Crippen molar-refractivity contribution < 1.29 is 19.4 Å². The minimum absolute atomic E-state index is 0.0296. The second-order valence-corrected chi connectivity index (χ2v) is 4.16. The summed E-state index contributed by atoms with van der Waals surface area (Å²) >= 11 is 0. The van der Waals surface area contributed by atoms with Gasteiger partial charge in [0.25, 0.3) is 0 Å². The molecule has 0 saturated carbocycles. The molecule has 18 heavy (non-hydrogen) atoms. The van der Waals surface area contributed by atoms with Crippen molar-refractivity contribution in [2.24, 2.45) is 0 Å². The van der Waals surface area contributed by atoms with Crippen LogP contribution in [0, 0.1) is 0 Å². The lowest BCUT2D eigenvalue weighted by molar-refractivity contribution is -0.137. The van der Waals surface area contributed by atoms with Gasteiger partial charge in [-0.15, -0.1) is 0 Å². The molecule has 1 N–H and O–H groups in total. The molecule has 0 aliphatic carbocycles. The van der Waals surface area contributed by atoms with Crippen LogP contribution in [0.25, 0.3) is 0 Å². The second kappa shape index (κ2) is 6.79. The lowest BCUT2D eigenvalue weighted by atomic mass is 9.88. The number of hydrogen-bond acceptors (Lipinski definition) is 3. The number of carbonyl (C=O) groups excluding carboxylic acids is 1. The summed E-state index contributed by atoms with van der Waals surface area (Å²) in [6.45, 7) is 2.00. The lowest BCUT2D eigenvalue weighted by Crippen LogP contribution is -2.12. The van der Waals surface area contributed by atoms with Gasteiger partial charge in [0.05, 0.1) is 19.1 Å². The van der Waals surface area contributed by atoms with Crippen LogP contribution >= 0.6 is 0 Å². The van der Waals surface area contributed by atoms with Gasteiger partial charge in [-0.05, 0) is 24.0 Å². The molecule has 0 fully saturated rings. The van der Waals surface area contributed by atoms with Gasteiger partial charge in [0.1, 0.15) is 0 Å². The van der Waals surface area contributed by atoms with E-state index in [1.54, 1.807) is 18.2 Å². The molecule has 4 nitrogen and oxygen atoms in total. The fourth-order valence-electron chi connectivity index (χ4n) is 2.08. The third-order valence-electron chi connectivity index (χ3n) is 2.86. The zero-order chi connectivity index (χ0) is 13.5. The molecule has 0 aliphatic heterocycles. The van der Waals surface area contributed by atoms with E-state index in [9.17, 15) is 9.59 Å². The summed E-state index contributed by atoms with van der Waals surface area (Å²) in [5, 5.41) is 8.94. The zero-order valence-corrected chi connectivity index (χ0v) is 10.7. The van der Waals surface area contributed by atoms with E-state index < -0.39 is 11.9 Å². The Hall–Kier alpha value is -1.84. The molecule has 0 radical (unpaired) electrons. The largest absolute Gasteiger partial charge is 0.481 e. The van der Waals surface area contributed by atoms with Crippen LogP contribution in [0.4, 0.5) is 0 Å². The van der Waals surface area contributed by atoms with E-state index >= 15 is 0 Å². The number of carboxylic acids is 1. The highest BCUT2D eigenvalue weighted by Gasteiger charge is 2.21. The van der Waals surface area contributed by atoms with Crippen LogP contribution < -0.4 is 0 Å². The number of esters is 1. The van der Waals surface area contributed by atoms with Crippen LogP contribution in [0.1, 0.15) is 48.0 Å². The van der Waals surface area contributed by atoms with Gasteiger partial charge < -0.3 is 9.84 Å². The third-order valence-corrected chi connectivity index (χ3v) is 2.86. The van der Waals surface area contributed by atoms with Crippen molar-refractivity contribution in [1.82, 2.24) is 0 Å². The van der Waals surface area contributed by atoms with Crippen LogP contribution in [-0.4, -0.2) is 24.2 Å². The van der Waals surface area contributed by atoms with E-state index in [1.165, 1.54) is 7.11 Å². The van der Waals surface area contributed by atoms with Crippen LogP contribution in [-0.2, 0) is 9.53 Å². The maximum atomic E-state index is 11.7. The fourth-order valence-corrected chi connectivity index (χ4v) is 2.08. The number of carbonyl (C=O) groups is 2. The SMILES string of the molecule is CCCC(CC(=O)O)c1ccccc1C(=O)OC. The van der Waals surface area contributed by atoms with Crippen molar-refractivity contribution in [3.05, 3.63) is 35.4 Å². The Morgan fingerprint density at radius 2 is 2.00 bits per heavy atom. The van der Waals surface area contributed by atoms with Crippen LogP contribution in [0.5, 0.6) is 0 Å². The molecule has 1 aromatic rings. The molecule has 98 valence electrons. The van der Waals surface area contributed by atoms with Crippen molar-refractivity contribution in [2.75, 3.05) is 7.11 Å². The smallest absolute Gasteiger partial charge is 0.338 e. The van der Waals surface area contributed by atoms with Gasteiger partial charge >= 0.3 is 11.9 Å². The number of aliphatic carboxylic acids is 1. The van der Waals surface area contributed by atoms with Crippen LogP contribution in [0.2, 0.25) is 0 Å². The number of ether oxygens (including phenoxy) is 1. The summed E-state index contributed by atoms with van der Waals surface area (Å²) in [7, 11) is 1.32. The van der Waals surface area contributed by atoms with Gasteiger partial charge in [-0.25, -0.2) is 4.79 Å². The number of carboxylic acid groups (broad SMARTS) is 1. The van der Waals surface area contributed by atoms with Gasteiger partial charge in [-0.3, -0.25) is 4.79 Å². The number of hydrogen-bond donors (Lipinski definition) is 1. The summed E-state index contributed by atoms with van der Waals surface area (Å²) in [4.78, 5) is 22.6. The first kappa shape index (κ1) is 14.2.